The van der Waals surface area contributed by atoms with Crippen LogP contribution in [0.25, 0.3) is 0 Å². The smallest absolute Gasteiger partial charge is 0.417 e. The van der Waals surface area contributed by atoms with E-state index in [1.807, 2.05) is 12.2 Å². The first-order valence-electron chi connectivity index (χ1n) is 11.3. The van der Waals surface area contributed by atoms with Gasteiger partial charge in [0.1, 0.15) is 29.5 Å². The molecule has 1 heterocycles. The highest BCUT2D eigenvalue weighted by atomic mass is 32.1. The number of carbonyl (C=O) groups is 1. The summed E-state index contributed by atoms with van der Waals surface area (Å²) >= 11 is 5.00. The predicted octanol–water partition coefficient (Wildman–Crippen LogP) is 4.69. The molecule has 0 fully saturated rings. The van der Waals surface area contributed by atoms with E-state index in [0.717, 1.165) is 29.5 Å². The first kappa shape index (κ1) is 27.3. The molecule has 0 radical (unpaired) electrons. The molecule has 0 saturated carbocycles. The lowest BCUT2D eigenvalue weighted by atomic mass is 9.95. The molecule has 2 aromatic carbocycles. The van der Waals surface area contributed by atoms with E-state index in [-0.39, 0.29) is 28.8 Å². The Morgan fingerprint density at radius 3 is 2.47 bits per heavy atom. The Morgan fingerprint density at radius 2 is 1.79 bits per heavy atom. The fourth-order valence-electron chi connectivity index (χ4n) is 3.97. The normalized spacial score (nSPS) is 18.7. The van der Waals surface area contributed by atoms with Gasteiger partial charge in [-0.3, -0.25) is 10.1 Å². The monoisotopic (exact) mass is 549 g/mol. The summed E-state index contributed by atoms with van der Waals surface area (Å²) in [6.07, 6.45) is 0.195. The Morgan fingerprint density at radius 1 is 1.08 bits per heavy atom. The molecule has 4 rings (SSSR count). The molecule has 2 unspecified atom stereocenters. The number of fused-ring (bicyclic) bond motifs is 1. The number of rotatable bonds is 6. The molecule has 2 aliphatic rings. The van der Waals surface area contributed by atoms with Crippen LogP contribution >= 0.6 is 12.2 Å². The highest BCUT2D eigenvalue weighted by Crippen LogP contribution is 2.33. The van der Waals surface area contributed by atoms with Gasteiger partial charge in [0.25, 0.3) is 5.91 Å². The molecule has 2 aromatic rings. The lowest BCUT2D eigenvalue weighted by Gasteiger charge is -2.31. The minimum atomic E-state index is -4.73. The van der Waals surface area contributed by atoms with E-state index >= 15 is 0 Å². The molecule has 200 valence electrons. The van der Waals surface area contributed by atoms with Crippen LogP contribution in [-0.4, -0.2) is 44.0 Å². The summed E-state index contributed by atoms with van der Waals surface area (Å²) in [4.78, 5) is 12.4. The van der Waals surface area contributed by atoms with Gasteiger partial charge in [-0.15, -0.1) is 0 Å². The van der Waals surface area contributed by atoms with Gasteiger partial charge in [0.15, 0.2) is 5.11 Å². The van der Waals surface area contributed by atoms with Gasteiger partial charge < -0.3 is 24.8 Å². The average molecular weight is 550 g/mol. The molecule has 7 nitrogen and oxygen atoms in total. The van der Waals surface area contributed by atoms with Crippen molar-refractivity contribution in [3.05, 3.63) is 94.7 Å². The summed E-state index contributed by atoms with van der Waals surface area (Å²) in [5.74, 6) is -1.15. The van der Waals surface area contributed by atoms with E-state index in [0.29, 0.717) is 12.3 Å². The first-order valence-corrected chi connectivity index (χ1v) is 11.7. The van der Waals surface area contributed by atoms with Crippen molar-refractivity contribution in [3.8, 4) is 5.75 Å². The minimum Gasteiger partial charge on any atom is -0.457 e. The molecule has 2 atom stereocenters. The standard InChI is InChI=1S/C26H23F4N3O4S/c1-35-22-12-16-20(13-23(22)36-2)31-10-9-21(16)37-14-7-8-19(18(27)11-14)32-25(38)33-24(34)15-5-3-4-6-17(15)26(28,29)30/h3-9,11-13,22-23,31H,10H2,1-2H3,(H2,32,33,34,38). The highest BCUT2D eigenvalue weighted by Gasteiger charge is 2.35. The number of methoxy groups -OCH3 is 2. The molecule has 1 aliphatic heterocycles. The number of hydrogen-bond acceptors (Lipinski definition) is 6. The predicted molar refractivity (Wildman–Crippen MR) is 136 cm³/mol. The Bertz CT molecular complexity index is 1340. The number of hydrogen-bond donors (Lipinski definition) is 3. The molecule has 0 aromatic heterocycles. The van der Waals surface area contributed by atoms with Crippen LogP contribution in [0.5, 0.6) is 5.75 Å². The third-order valence-electron chi connectivity index (χ3n) is 5.79. The quantitative estimate of drug-likeness (QED) is 0.356. The topological polar surface area (TPSA) is 80.9 Å². The summed E-state index contributed by atoms with van der Waals surface area (Å²) < 4.78 is 71.3. The first-order chi connectivity index (χ1) is 18.1. The number of halogens is 4. The second-order valence-corrected chi connectivity index (χ2v) is 8.61. The molecule has 3 N–H and O–H groups in total. The van der Waals surface area contributed by atoms with Gasteiger partial charge in [0, 0.05) is 38.1 Å². The van der Waals surface area contributed by atoms with Gasteiger partial charge in [-0.25, -0.2) is 4.39 Å². The maximum absolute atomic E-state index is 14.8. The van der Waals surface area contributed by atoms with Gasteiger partial charge in [-0.05, 0) is 54.7 Å². The number of carbonyl (C=O) groups excluding carboxylic acids is 1. The zero-order valence-electron chi connectivity index (χ0n) is 20.2. The number of benzene rings is 2. The molecule has 0 spiro atoms. The van der Waals surface area contributed by atoms with Crippen LogP contribution in [-0.2, 0) is 15.7 Å². The fourth-order valence-corrected chi connectivity index (χ4v) is 4.17. The zero-order valence-corrected chi connectivity index (χ0v) is 21.0. The zero-order chi connectivity index (χ0) is 27.4. The molecule has 0 bridgehead atoms. The summed E-state index contributed by atoms with van der Waals surface area (Å²) in [6.45, 7) is 0.486. The van der Waals surface area contributed by atoms with Crippen LogP contribution in [0.2, 0.25) is 0 Å². The van der Waals surface area contributed by atoms with Crippen molar-refractivity contribution in [2.75, 3.05) is 26.1 Å². The highest BCUT2D eigenvalue weighted by molar-refractivity contribution is 7.80. The largest absolute Gasteiger partial charge is 0.457 e. The summed E-state index contributed by atoms with van der Waals surface area (Å²) in [5, 5.41) is 7.49. The van der Waals surface area contributed by atoms with Crippen molar-refractivity contribution < 1.29 is 36.6 Å². The Kier molecular flexibility index (Phi) is 8.14. The summed E-state index contributed by atoms with van der Waals surface area (Å²) in [5.41, 5.74) is -0.287. The van der Waals surface area contributed by atoms with Crippen LogP contribution in [0, 0.1) is 5.82 Å². The van der Waals surface area contributed by atoms with E-state index < -0.39 is 29.0 Å². The molecule has 38 heavy (non-hydrogen) atoms. The number of amides is 1. The molecule has 0 saturated heterocycles. The third-order valence-corrected chi connectivity index (χ3v) is 5.99. The van der Waals surface area contributed by atoms with E-state index in [9.17, 15) is 22.4 Å². The Hall–Kier alpha value is -3.74. The molecular weight excluding hydrogens is 526 g/mol. The molecule has 12 heteroatoms. The maximum Gasteiger partial charge on any atom is 0.417 e. The fraction of sp³-hybridized carbons (Fsp3) is 0.231. The van der Waals surface area contributed by atoms with Crippen LogP contribution in [0.3, 0.4) is 0 Å². The van der Waals surface area contributed by atoms with Gasteiger partial charge in [-0.2, -0.15) is 13.2 Å². The number of thiocarbonyl (C=S) groups is 1. The SMILES string of the molecule is COC1C=C2NCC=C(Oc3ccc(NC(=S)NC(=O)c4ccccc4C(F)(F)F)c(F)c3)C2=CC1OC. The third kappa shape index (κ3) is 6.04. The van der Waals surface area contributed by atoms with Gasteiger partial charge >= 0.3 is 6.18 Å². The maximum atomic E-state index is 14.8. The van der Waals surface area contributed by atoms with Crippen molar-refractivity contribution in [3.63, 3.8) is 0 Å². The second-order valence-electron chi connectivity index (χ2n) is 8.21. The number of anilines is 1. The van der Waals surface area contributed by atoms with Crippen molar-refractivity contribution >= 4 is 28.9 Å². The van der Waals surface area contributed by atoms with E-state index in [4.69, 9.17) is 26.4 Å². The van der Waals surface area contributed by atoms with Gasteiger partial charge in [0.2, 0.25) is 0 Å². The van der Waals surface area contributed by atoms with E-state index in [2.05, 4.69) is 16.0 Å². The number of alkyl halides is 3. The van der Waals surface area contributed by atoms with Crippen molar-refractivity contribution in [2.24, 2.45) is 0 Å². The second kappa shape index (κ2) is 11.3. The Labute approximate surface area is 221 Å². The average Bonchev–Trinajstić information content (AvgIpc) is 2.89. The summed E-state index contributed by atoms with van der Waals surface area (Å²) in [6, 6.07) is 8.21. The van der Waals surface area contributed by atoms with Crippen molar-refractivity contribution in [1.29, 1.82) is 0 Å². The molecule has 1 amide bonds. The van der Waals surface area contributed by atoms with Crippen LogP contribution in [0.1, 0.15) is 15.9 Å². The van der Waals surface area contributed by atoms with Crippen LogP contribution in [0.15, 0.2) is 77.7 Å². The molecule has 1 aliphatic carbocycles. The van der Waals surface area contributed by atoms with Crippen LogP contribution < -0.4 is 20.7 Å². The van der Waals surface area contributed by atoms with Crippen molar-refractivity contribution in [2.45, 2.75) is 18.4 Å². The van der Waals surface area contributed by atoms with Gasteiger partial charge in [0.05, 0.1) is 16.8 Å². The van der Waals surface area contributed by atoms with E-state index in [1.54, 1.807) is 20.3 Å². The van der Waals surface area contributed by atoms with E-state index in [1.165, 1.54) is 24.3 Å². The molecular formula is C26H23F4N3O4S. The number of nitrogens with one attached hydrogen (secondary N) is 3. The van der Waals surface area contributed by atoms with Crippen LogP contribution in [0.4, 0.5) is 23.2 Å². The lowest BCUT2D eigenvalue weighted by Crippen LogP contribution is -2.35. The lowest BCUT2D eigenvalue weighted by molar-refractivity contribution is -0.137. The van der Waals surface area contributed by atoms with Gasteiger partial charge in [-0.1, -0.05) is 12.1 Å². The minimum absolute atomic E-state index is 0.106. The number of ether oxygens (including phenoxy) is 3. The Balaban J connectivity index is 1.43. The summed E-state index contributed by atoms with van der Waals surface area (Å²) in [7, 11) is 3.15. The van der Waals surface area contributed by atoms with Crippen molar-refractivity contribution in [1.82, 2.24) is 10.6 Å².